The molecule has 1 N–H and O–H groups in total. The lowest BCUT2D eigenvalue weighted by Crippen LogP contribution is -2.27. The number of aryl methyl sites for hydroxylation is 2. The van der Waals surface area contributed by atoms with E-state index in [9.17, 15) is 14.0 Å². The summed E-state index contributed by atoms with van der Waals surface area (Å²) in [4.78, 5) is 23.9. The van der Waals surface area contributed by atoms with Crippen LogP contribution in [0.3, 0.4) is 0 Å². The van der Waals surface area contributed by atoms with Gasteiger partial charge >= 0.3 is 0 Å². The van der Waals surface area contributed by atoms with E-state index in [0.29, 0.717) is 5.82 Å². The maximum Gasteiger partial charge on any atom is 0.251 e. The van der Waals surface area contributed by atoms with Crippen molar-refractivity contribution in [1.29, 1.82) is 0 Å². The molecule has 0 saturated heterocycles. The van der Waals surface area contributed by atoms with Gasteiger partial charge in [-0.15, -0.1) is 0 Å². The van der Waals surface area contributed by atoms with E-state index in [-0.39, 0.29) is 23.8 Å². The molecular formula is C18H17FN4O2. The molecule has 3 rings (SSSR count). The third-order valence-corrected chi connectivity index (χ3v) is 3.73. The Balaban J connectivity index is 1.72. The number of halogens is 1. The van der Waals surface area contributed by atoms with Gasteiger partial charge in [0, 0.05) is 24.5 Å². The Morgan fingerprint density at radius 2 is 1.96 bits per heavy atom. The lowest BCUT2D eigenvalue weighted by atomic mass is 10.2. The van der Waals surface area contributed by atoms with E-state index in [1.165, 1.54) is 22.8 Å². The van der Waals surface area contributed by atoms with Gasteiger partial charge in [0.2, 0.25) is 5.91 Å². The van der Waals surface area contributed by atoms with Crippen LogP contribution in [0.2, 0.25) is 0 Å². The smallest absolute Gasteiger partial charge is 0.251 e. The SMILES string of the molecule is Cc1ccn(CC(=O)Nc2ccn(-c3ccc(F)cc3C)n2)c(=O)c1. The van der Waals surface area contributed by atoms with Crippen LogP contribution in [0.5, 0.6) is 0 Å². The molecule has 0 radical (unpaired) electrons. The monoisotopic (exact) mass is 340 g/mol. The van der Waals surface area contributed by atoms with Gasteiger partial charge in [-0.3, -0.25) is 9.59 Å². The second kappa shape index (κ2) is 6.72. The van der Waals surface area contributed by atoms with Gasteiger partial charge in [-0.05, 0) is 49.2 Å². The minimum absolute atomic E-state index is 0.0957. The first-order valence-electron chi connectivity index (χ1n) is 7.71. The Kier molecular flexibility index (Phi) is 4.47. The Morgan fingerprint density at radius 3 is 2.68 bits per heavy atom. The number of nitrogens with one attached hydrogen (secondary N) is 1. The van der Waals surface area contributed by atoms with Gasteiger partial charge in [0.05, 0.1) is 5.69 Å². The largest absolute Gasteiger partial charge is 0.308 e. The number of carbonyl (C=O) groups excluding carboxylic acids is 1. The predicted molar refractivity (Wildman–Crippen MR) is 92.3 cm³/mol. The zero-order chi connectivity index (χ0) is 18.0. The lowest BCUT2D eigenvalue weighted by molar-refractivity contribution is -0.116. The first-order chi connectivity index (χ1) is 11.9. The Hall–Kier alpha value is -3.22. The summed E-state index contributed by atoms with van der Waals surface area (Å²) in [5.74, 6) is -0.314. The first kappa shape index (κ1) is 16.6. The fourth-order valence-corrected chi connectivity index (χ4v) is 2.48. The number of hydrogen-bond donors (Lipinski definition) is 1. The van der Waals surface area contributed by atoms with E-state index in [1.54, 1.807) is 42.2 Å². The molecule has 0 aliphatic heterocycles. The minimum atomic E-state index is -0.355. The number of anilines is 1. The van der Waals surface area contributed by atoms with Gasteiger partial charge in [0.15, 0.2) is 5.82 Å². The quantitative estimate of drug-likeness (QED) is 0.793. The van der Waals surface area contributed by atoms with Gasteiger partial charge < -0.3 is 9.88 Å². The highest BCUT2D eigenvalue weighted by Gasteiger charge is 2.09. The predicted octanol–water partition coefficient (Wildman–Crippen LogP) is 2.43. The van der Waals surface area contributed by atoms with Crippen LogP contribution >= 0.6 is 0 Å². The van der Waals surface area contributed by atoms with Crippen molar-refractivity contribution in [1.82, 2.24) is 14.3 Å². The summed E-state index contributed by atoms with van der Waals surface area (Å²) in [7, 11) is 0. The molecule has 0 unspecified atom stereocenters. The number of hydrogen-bond acceptors (Lipinski definition) is 3. The molecule has 2 heterocycles. The maximum atomic E-state index is 13.2. The molecular weight excluding hydrogens is 323 g/mol. The van der Waals surface area contributed by atoms with Crippen molar-refractivity contribution in [2.24, 2.45) is 0 Å². The van der Waals surface area contributed by atoms with E-state index >= 15 is 0 Å². The second-order valence-electron chi connectivity index (χ2n) is 5.79. The number of benzene rings is 1. The first-order valence-corrected chi connectivity index (χ1v) is 7.71. The topological polar surface area (TPSA) is 68.9 Å². The Morgan fingerprint density at radius 1 is 1.16 bits per heavy atom. The van der Waals surface area contributed by atoms with Gasteiger partial charge in [-0.2, -0.15) is 5.10 Å². The lowest BCUT2D eigenvalue weighted by Gasteiger charge is -2.07. The summed E-state index contributed by atoms with van der Waals surface area (Å²) < 4.78 is 16.1. The van der Waals surface area contributed by atoms with Crippen LogP contribution in [0, 0.1) is 19.7 Å². The number of aromatic nitrogens is 3. The normalized spacial score (nSPS) is 10.7. The van der Waals surface area contributed by atoms with E-state index < -0.39 is 0 Å². The standard InChI is InChI=1S/C18H17FN4O2/c1-12-5-7-22(18(25)9-12)11-17(24)20-16-6-8-23(21-16)15-4-3-14(19)10-13(15)2/h3-10H,11H2,1-2H3,(H,20,21,24). The van der Waals surface area contributed by atoms with Crippen molar-refractivity contribution in [2.45, 2.75) is 20.4 Å². The molecule has 0 saturated carbocycles. The fourth-order valence-electron chi connectivity index (χ4n) is 2.48. The van der Waals surface area contributed by atoms with Crippen molar-refractivity contribution in [2.75, 3.05) is 5.32 Å². The van der Waals surface area contributed by atoms with Crippen molar-refractivity contribution in [3.8, 4) is 5.69 Å². The molecule has 7 heteroatoms. The van der Waals surface area contributed by atoms with E-state index in [0.717, 1.165) is 16.8 Å². The van der Waals surface area contributed by atoms with Crippen LogP contribution in [0.25, 0.3) is 5.69 Å². The van der Waals surface area contributed by atoms with Gasteiger partial charge in [-0.25, -0.2) is 9.07 Å². The highest BCUT2D eigenvalue weighted by molar-refractivity contribution is 5.89. The van der Waals surface area contributed by atoms with Crippen molar-refractivity contribution in [3.05, 3.63) is 76.1 Å². The second-order valence-corrected chi connectivity index (χ2v) is 5.79. The van der Waals surface area contributed by atoms with E-state index in [2.05, 4.69) is 10.4 Å². The summed E-state index contributed by atoms with van der Waals surface area (Å²) in [6.45, 7) is 3.50. The molecule has 0 aliphatic carbocycles. The number of carbonyl (C=O) groups is 1. The molecule has 0 atom stereocenters. The molecule has 0 spiro atoms. The highest BCUT2D eigenvalue weighted by Crippen LogP contribution is 2.16. The summed E-state index contributed by atoms with van der Waals surface area (Å²) in [6.07, 6.45) is 3.26. The Labute approximate surface area is 143 Å². The molecule has 2 aromatic heterocycles. The van der Waals surface area contributed by atoms with Crippen LogP contribution < -0.4 is 10.9 Å². The molecule has 6 nitrogen and oxygen atoms in total. The van der Waals surface area contributed by atoms with Crippen molar-refractivity contribution < 1.29 is 9.18 Å². The van der Waals surface area contributed by atoms with Crippen LogP contribution in [-0.4, -0.2) is 20.3 Å². The molecule has 1 amide bonds. The average molecular weight is 340 g/mol. The minimum Gasteiger partial charge on any atom is -0.308 e. The molecule has 25 heavy (non-hydrogen) atoms. The Bertz CT molecular complexity index is 991. The molecule has 0 fully saturated rings. The molecule has 1 aromatic carbocycles. The average Bonchev–Trinajstić information content (AvgIpc) is 2.98. The van der Waals surface area contributed by atoms with E-state index in [1.807, 2.05) is 6.92 Å². The highest BCUT2D eigenvalue weighted by atomic mass is 19.1. The van der Waals surface area contributed by atoms with Gasteiger partial charge in [-0.1, -0.05) is 0 Å². The fraction of sp³-hybridized carbons (Fsp3) is 0.167. The molecule has 0 aliphatic rings. The number of rotatable bonds is 4. The van der Waals surface area contributed by atoms with Crippen LogP contribution in [0.15, 0.2) is 53.6 Å². The summed E-state index contributed by atoms with van der Waals surface area (Å²) in [5.41, 5.74) is 2.06. The third kappa shape index (κ3) is 3.82. The zero-order valence-corrected chi connectivity index (χ0v) is 13.9. The molecule has 3 aromatic rings. The zero-order valence-electron chi connectivity index (χ0n) is 13.9. The van der Waals surface area contributed by atoms with Crippen molar-refractivity contribution in [3.63, 3.8) is 0 Å². The molecule has 128 valence electrons. The number of pyridine rings is 1. The third-order valence-electron chi connectivity index (χ3n) is 3.73. The van der Waals surface area contributed by atoms with Crippen LogP contribution in [0.4, 0.5) is 10.2 Å². The van der Waals surface area contributed by atoms with Crippen LogP contribution in [0.1, 0.15) is 11.1 Å². The number of nitrogens with zero attached hydrogens (tertiary/aromatic N) is 3. The van der Waals surface area contributed by atoms with Gasteiger partial charge in [0.25, 0.3) is 5.56 Å². The van der Waals surface area contributed by atoms with Crippen molar-refractivity contribution >= 4 is 11.7 Å². The molecule has 0 bridgehead atoms. The number of amides is 1. The van der Waals surface area contributed by atoms with Gasteiger partial charge in [0.1, 0.15) is 12.4 Å². The summed E-state index contributed by atoms with van der Waals surface area (Å²) in [6, 6.07) is 9.26. The maximum absolute atomic E-state index is 13.2. The van der Waals surface area contributed by atoms with E-state index in [4.69, 9.17) is 0 Å². The summed E-state index contributed by atoms with van der Waals surface area (Å²) >= 11 is 0. The van der Waals surface area contributed by atoms with Crippen LogP contribution in [-0.2, 0) is 11.3 Å². The summed E-state index contributed by atoms with van der Waals surface area (Å²) in [5, 5.41) is 6.91.